The number of phenolic OH excluding ortho intramolecular Hbond substituents is 1. The van der Waals surface area contributed by atoms with E-state index in [2.05, 4.69) is 0 Å². The summed E-state index contributed by atoms with van der Waals surface area (Å²) in [6.07, 6.45) is 0. The van der Waals surface area contributed by atoms with Crippen LogP contribution < -0.4 is 0 Å². The maximum atomic E-state index is 9.73. The van der Waals surface area contributed by atoms with Gasteiger partial charge in [0, 0.05) is 20.5 Å². The summed E-state index contributed by atoms with van der Waals surface area (Å²) in [5.41, 5.74) is 0. The lowest BCUT2D eigenvalue weighted by Crippen LogP contribution is -1.68. The second-order valence-corrected chi connectivity index (χ2v) is 4.83. The zero-order chi connectivity index (χ0) is 10.4. The van der Waals surface area contributed by atoms with Gasteiger partial charge in [-0.05, 0) is 18.2 Å². The van der Waals surface area contributed by atoms with Gasteiger partial charge in [0.1, 0.15) is 5.75 Å². The van der Waals surface area contributed by atoms with Gasteiger partial charge in [-0.3, -0.25) is 0 Å². The SMILES string of the molecule is Oc1cccc2c1sc1cccc(Cl)c12. The Bertz CT molecular complexity index is 657. The highest BCUT2D eigenvalue weighted by molar-refractivity contribution is 7.26. The molecule has 3 heteroatoms. The van der Waals surface area contributed by atoms with Gasteiger partial charge in [0.2, 0.25) is 0 Å². The molecule has 0 unspecified atom stereocenters. The Hall–Kier alpha value is -1.25. The van der Waals surface area contributed by atoms with Gasteiger partial charge in [0.05, 0.1) is 4.70 Å². The molecule has 1 heterocycles. The zero-order valence-electron chi connectivity index (χ0n) is 7.70. The lowest BCUT2D eigenvalue weighted by atomic mass is 10.1. The van der Waals surface area contributed by atoms with E-state index < -0.39 is 0 Å². The largest absolute Gasteiger partial charge is 0.506 e. The molecule has 2 aromatic carbocycles. The lowest BCUT2D eigenvalue weighted by Gasteiger charge is -1.95. The van der Waals surface area contributed by atoms with Crippen LogP contribution in [0.25, 0.3) is 20.2 Å². The van der Waals surface area contributed by atoms with E-state index in [-0.39, 0.29) is 0 Å². The average molecular weight is 235 g/mol. The summed E-state index contributed by atoms with van der Waals surface area (Å²) in [6.45, 7) is 0. The van der Waals surface area contributed by atoms with Crippen LogP contribution in [-0.2, 0) is 0 Å². The second-order valence-electron chi connectivity index (χ2n) is 3.37. The van der Waals surface area contributed by atoms with Crippen molar-refractivity contribution in [3.8, 4) is 5.75 Å². The fraction of sp³-hybridized carbons (Fsp3) is 0. The summed E-state index contributed by atoms with van der Waals surface area (Å²) in [6, 6.07) is 11.3. The summed E-state index contributed by atoms with van der Waals surface area (Å²) in [5.74, 6) is 0.324. The van der Waals surface area contributed by atoms with Crippen molar-refractivity contribution in [2.75, 3.05) is 0 Å². The molecule has 0 aliphatic rings. The molecule has 74 valence electrons. The first-order valence-electron chi connectivity index (χ1n) is 4.56. The molecule has 0 radical (unpaired) electrons. The third-order valence-electron chi connectivity index (χ3n) is 2.45. The monoisotopic (exact) mass is 234 g/mol. The number of halogens is 1. The zero-order valence-corrected chi connectivity index (χ0v) is 9.27. The third kappa shape index (κ3) is 1.22. The minimum absolute atomic E-state index is 0.324. The Balaban J connectivity index is 2.65. The van der Waals surface area contributed by atoms with E-state index in [0.29, 0.717) is 5.75 Å². The predicted molar refractivity (Wildman–Crippen MR) is 66.0 cm³/mol. The maximum Gasteiger partial charge on any atom is 0.133 e. The van der Waals surface area contributed by atoms with Crippen molar-refractivity contribution in [2.24, 2.45) is 0 Å². The van der Waals surface area contributed by atoms with Gasteiger partial charge in [0.15, 0.2) is 0 Å². The van der Waals surface area contributed by atoms with Crippen molar-refractivity contribution in [3.63, 3.8) is 0 Å². The Labute approximate surface area is 95.5 Å². The maximum absolute atomic E-state index is 9.73. The van der Waals surface area contributed by atoms with E-state index >= 15 is 0 Å². The summed E-state index contributed by atoms with van der Waals surface area (Å²) >= 11 is 7.72. The Morgan fingerprint density at radius 2 is 1.87 bits per heavy atom. The van der Waals surface area contributed by atoms with Gasteiger partial charge in [-0.25, -0.2) is 0 Å². The first kappa shape index (κ1) is 9.01. The molecular formula is C12H7ClOS. The summed E-state index contributed by atoms with van der Waals surface area (Å²) in [4.78, 5) is 0. The van der Waals surface area contributed by atoms with Gasteiger partial charge in [0.25, 0.3) is 0 Å². The topological polar surface area (TPSA) is 20.2 Å². The molecule has 0 atom stereocenters. The van der Waals surface area contributed by atoms with Crippen LogP contribution in [0.15, 0.2) is 36.4 Å². The highest BCUT2D eigenvalue weighted by atomic mass is 35.5. The number of benzene rings is 2. The fourth-order valence-electron chi connectivity index (χ4n) is 1.79. The van der Waals surface area contributed by atoms with Crippen LogP contribution in [0, 0.1) is 0 Å². The Morgan fingerprint density at radius 1 is 1.07 bits per heavy atom. The van der Waals surface area contributed by atoms with Crippen LogP contribution in [0.1, 0.15) is 0 Å². The van der Waals surface area contributed by atoms with E-state index in [1.165, 1.54) is 0 Å². The number of aromatic hydroxyl groups is 1. The summed E-state index contributed by atoms with van der Waals surface area (Å²) in [5, 5.41) is 12.5. The molecule has 15 heavy (non-hydrogen) atoms. The van der Waals surface area contributed by atoms with E-state index in [4.69, 9.17) is 11.6 Å². The highest BCUT2D eigenvalue weighted by Crippen LogP contribution is 2.41. The van der Waals surface area contributed by atoms with Crippen LogP contribution >= 0.6 is 22.9 Å². The molecule has 3 aromatic rings. The van der Waals surface area contributed by atoms with E-state index in [9.17, 15) is 5.11 Å². The van der Waals surface area contributed by atoms with Crippen LogP contribution in [0.4, 0.5) is 0 Å². The number of thiophene rings is 1. The van der Waals surface area contributed by atoms with Crippen LogP contribution in [0.2, 0.25) is 5.02 Å². The summed E-state index contributed by atoms with van der Waals surface area (Å²) < 4.78 is 2.01. The molecule has 0 aliphatic heterocycles. The highest BCUT2D eigenvalue weighted by Gasteiger charge is 2.09. The standard InChI is InChI=1S/C12H7ClOS/c13-8-4-2-6-10-11(8)7-3-1-5-9(14)12(7)15-10/h1-6,14H. The molecule has 0 saturated heterocycles. The Kier molecular flexibility index (Phi) is 1.87. The van der Waals surface area contributed by atoms with E-state index in [1.807, 2.05) is 30.3 Å². The molecule has 0 saturated carbocycles. The predicted octanol–water partition coefficient (Wildman–Crippen LogP) is 4.41. The van der Waals surface area contributed by atoms with Crippen molar-refractivity contribution >= 4 is 43.1 Å². The molecule has 0 bridgehead atoms. The fourth-order valence-corrected chi connectivity index (χ4v) is 3.26. The minimum Gasteiger partial charge on any atom is -0.506 e. The van der Waals surface area contributed by atoms with Crippen LogP contribution in [-0.4, -0.2) is 5.11 Å². The normalized spacial score (nSPS) is 11.3. The molecule has 0 amide bonds. The van der Waals surface area contributed by atoms with Gasteiger partial charge in [-0.15, -0.1) is 11.3 Å². The molecule has 3 rings (SSSR count). The molecular weight excluding hydrogens is 228 g/mol. The molecule has 0 spiro atoms. The smallest absolute Gasteiger partial charge is 0.133 e. The molecule has 0 fully saturated rings. The third-order valence-corrected chi connectivity index (χ3v) is 3.96. The van der Waals surface area contributed by atoms with Gasteiger partial charge < -0.3 is 5.11 Å². The number of fused-ring (bicyclic) bond motifs is 3. The van der Waals surface area contributed by atoms with Crippen molar-refractivity contribution < 1.29 is 5.11 Å². The van der Waals surface area contributed by atoms with Crippen molar-refractivity contribution in [2.45, 2.75) is 0 Å². The average Bonchev–Trinajstić information content (AvgIpc) is 2.59. The first-order valence-corrected chi connectivity index (χ1v) is 5.75. The minimum atomic E-state index is 0.324. The van der Waals surface area contributed by atoms with Gasteiger partial charge >= 0.3 is 0 Å². The second kappa shape index (κ2) is 3.12. The van der Waals surface area contributed by atoms with E-state index in [0.717, 1.165) is 25.2 Å². The Morgan fingerprint density at radius 3 is 2.73 bits per heavy atom. The molecule has 1 aromatic heterocycles. The number of hydrogen-bond acceptors (Lipinski definition) is 2. The molecule has 0 aliphatic carbocycles. The van der Waals surface area contributed by atoms with Crippen LogP contribution in [0.5, 0.6) is 5.75 Å². The number of hydrogen-bond donors (Lipinski definition) is 1. The lowest BCUT2D eigenvalue weighted by molar-refractivity contribution is 0.482. The van der Waals surface area contributed by atoms with Gasteiger partial charge in [-0.1, -0.05) is 29.8 Å². The first-order chi connectivity index (χ1) is 7.27. The quantitative estimate of drug-likeness (QED) is 0.611. The van der Waals surface area contributed by atoms with Crippen molar-refractivity contribution in [1.82, 2.24) is 0 Å². The molecule has 1 nitrogen and oxygen atoms in total. The van der Waals surface area contributed by atoms with Crippen LogP contribution in [0.3, 0.4) is 0 Å². The number of rotatable bonds is 0. The van der Waals surface area contributed by atoms with Crippen molar-refractivity contribution in [1.29, 1.82) is 0 Å². The van der Waals surface area contributed by atoms with Crippen molar-refractivity contribution in [3.05, 3.63) is 41.4 Å². The van der Waals surface area contributed by atoms with E-state index in [1.54, 1.807) is 17.4 Å². The van der Waals surface area contributed by atoms with Gasteiger partial charge in [-0.2, -0.15) is 0 Å². The number of phenols is 1. The summed E-state index contributed by atoms with van der Waals surface area (Å²) in [7, 11) is 0. The molecule has 1 N–H and O–H groups in total.